The molecular formula is C16H17BrClN. The average molecular weight is 339 g/mol. The van der Waals surface area contributed by atoms with Crippen molar-refractivity contribution in [3.63, 3.8) is 0 Å². The summed E-state index contributed by atoms with van der Waals surface area (Å²) in [6, 6.07) is 12.1. The van der Waals surface area contributed by atoms with Crippen LogP contribution in [0.3, 0.4) is 0 Å². The molecule has 0 aliphatic carbocycles. The van der Waals surface area contributed by atoms with Gasteiger partial charge < -0.3 is 5.73 Å². The highest BCUT2D eigenvalue weighted by molar-refractivity contribution is 9.10. The van der Waals surface area contributed by atoms with Crippen molar-refractivity contribution >= 4 is 27.5 Å². The van der Waals surface area contributed by atoms with E-state index in [-0.39, 0.29) is 6.04 Å². The van der Waals surface area contributed by atoms with Crippen molar-refractivity contribution in [2.45, 2.75) is 26.3 Å². The van der Waals surface area contributed by atoms with E-state index in [0.29, 0.717) is 0 Å². The van der Waals surface area contributed by atoms with Gasteiger partial charge in [-0.25, -0.2) is 0 Å². The number of halogens is 2. The van der Waals surface area contributed by atoms with E-state index in [1.807, 2.05) is 24.3 Å². The summed E-state index contributed by atoms with van der Waals surface area (Å²) < 4.78 is 1.15. The van der Waals surface area contributed by atoms with Gasteiger partial charge in [0.05, 0.1) is 0 Å². The molecule has 0 aliphatic heterocycles. The molecule has 3 heteroatoms. The molecule has 2 aromatic carbocycles. The maximum atomic E-state index is 6.31. The van der Waals surface area contributed by atoms with Gasteiger partial charge in [-0.3, -0.25) is 0 Å². The molecule has 0 amide bonds. The third-order valence-corrected chi connectivity index (χ3v) is 4.90. The highest BCUT2D eigenvalue weighted by Crippen LogP contribution is 2.27. The number of rotatable bonds is 3. The summed E-state index contributed by atoms with van der Waals surface area (Å²) in [5, 5.41) is 0.781. The van der Waals surface area contributed by atoms with Crippen molar-refractivity contribution in [3.8, 4) is 0 Å². The molecule has 0 bridgehead atoms. The minimum absolute atomic E-state index is 0.0367. The number of hydrogen-bond acceptors (Lipinski definition) is 1. The van der Waals surface area contributed by atoms with Crippen LogP contribution in [0.1, 0.15) is 28.3 Å². The first-order valence-electron chi connectivity index (χ1n) is 6.24. The maximum Gasteiger partial charge on any atom is 0.0438 e. The van der Waals surface area contributed by atoms with E-state index in [0.717, 1.165) is 27.0 Å². The van der Waals surface area contributed by atoms with Crippen LogP contribution in [0.4, 0.5) is 0 Å². The van der Waals surface area contributed by atoms with Crippen molar-refractivity contribution in [1.29, 1.82) is 0 Å². The van der Waals surface area contributed by atoms with Crippen LogP contribution < -0.4 is 5.73 Å². The summed E-state index contributed by atoms with van der Waals surface area (Å²) in [7, 11) is 0. The molecule has 0 saturated carbocycles. The zero-order chi connectivity index (χ0) is 14.0. The monoisotopic (exact) mass is 337 g/mol. The fourth-order valence-corrected chi connectivity index (χ4v) is 2.65. The van der Waals surface area contributed by atoms with E-state index < -0.39 is 0 Å². The Bertz CT molecular complexity index is 572. The average Bonchev–Trinajstić information content (AvgIpc) is 2.38. The minimum Gasteiger partial charge on any atom is -0.324 e. The van der Waals surface area contributed by atoms with E-state index in [4.69, 9.17) is 17.3 Å². The second-order valence-electron chi connectivity index (χ2n) is 4.87. The molecule has 2 aromatic rings. The molecule has 2 rings (SSSR count). The Morgan fingerprint density at radius 1 is 1.16 bits per heavy atom. The van der Waals surface area contributed by atoms with E-state index >= 15 is 0 Å². The van der Waals surface area contributed by atoms with Gasteiger partial charge in [-0.1, -0.05) is 57.9 Å². The number of benzene rings is 2. The quantitative estimate of drug-likeness (QED) is 0.841. The summed E-state index contributed by atoms with van der Waals surface area (Å²) in [6.45, 7) is 4.17. The van der Waals surface area contributed by atoms with Crippen LogP contribution >= 0.6 is 27.5 Å². The summed E-state index contributed by atoms with van der Waals surface area (Å²) in [5.74, 6) is 0. The first-order valence-corrected chi connectivity index (χ1v) is 7.41. The van der Waals surface area contributed by atoms with Crippen LogP contribution in [0.2, 0.25) is 5.02 Å². The van der Waals surface area contributed by atoms with E-state index in [2.05, 4.69) is 41.9 Å². The van der Waals surface area contributed by atoms with Crippen LogP contribution in [-0.2, 0) is 6.42 Å². The molecule has 19 heavy (non-hydrogen) atoms. The highest BCUT2D eigenvalue weighted by atomic mass is 79.9. The van der Waals surface area contributed by atoms with Crippen LogP contribution in [-0.4, -0.2) is 0 Å². The van der Waals surface area contributed by atoms with E-state index in [1.54, 1.807) is 0 Å². The second-order valence-corrected chi connectivity index (χ2v) is 6.07. The predicted octanol–water partition coefficient (Wildman–Crippen LogP) is 4.96. The van der Waals surface area contributed by atoms with Gasteiger partial charge in [0.2, 0.25) is 0 Å². The van der Waals surface area contributed by atoms with Gasteiger partial charge in [-0.2, -0.15) is 0 Å². The Morgan fingerprint density at radius 3 is 2.32 bits per heavy atom. The highest BCUT2D eigenvalue weighted by Gasteiger charge is 2.11. The zero-order valence-electron chi connectivity index (χ0n) is 11.1. The molecular weight excluding hydrogens is 322 g/mol. The number of hydrogen-bond donors (Lipinski definition) is 1. The Kier molecular flexibility index (Phi) is 4.67. The maximum absolute atomic E-state index is 6.31. The standard InChI is InChI=1S/C16H17BrClN/c1-10-7-13(8-11(2)16(10)17)15(19)9-12-5-3-4-6-14(12)18/h3-8,15H,9,19H2,1-2H3. The van der Waals surface area contributed by atoms with Crippen molar-refractivity contribution in [2.75, 3.05) is 0 Å². The van der Waals surface area contributed by atoms with Crippen LogP contribution in [0, 0.1) is 13.8 Å². The zero-order valence-corrected chi connectivity index (χ0v) is 13.4. The Balaban J connectivity index is 2.26. The van der Waals surface area contributed by atoms with Crippen molar-refractivity contribution in [2.24, 2.45) is 5.73 Å². The summed E-state index contributed by atoms with van der Waals surface area (Å²) in [4.78, 5) is 0. The van der Waals surface area contributed by atoms with Gasteiger partial charge in [0, 0.05) is 15.5 Å². The molecule has 0 radical (unpaired) electrons. The largest absolute Gasteiger partial charge is 0.324 e. The van der Waals surface area contributed by atoms with Crippen molar-refractivity contribution in [3.05, 3.63) is 68.1 Å². The third kappa shape index (κ3) is 3.38. The van der Waals surface area contributed by atoms with Crippen molar-refractivity contribution < 1.29 is 0 Å². The predicted molar refractivity (Wildman–Crippen MR) is 85.7 cm³/mol. The molecule has 1 nitrogen and oxygen atoms in total. The smallest absolute Gasteiger partial charge is 0.0438 e. The van der Waals surface area contributed by atoms with Gasteiger partial charge in [0.25, 0.3) is 0 Å². The molecule has 0 saturated heterocycles. The molecule has 0 fully saturated rings. The lowest BCUT2D eigenvalue weighted by Crippen LogP contribution is -2.14. The molecule has 0 aromatic heterocycles. The van der Waals surface area contributed by atoms with Crippen molar-refractivity contribution in [1.82, 2.24) is 0 Å². The second kappa shape index (κ2) is 6.08. The van der Waals surface area contributed by atoms with Gasteiger partial charge in [0.15, 0.2) is 0 Å². The Labute approximate surface area is 127 Å². The first-order chi connectivity index (χ1) is 8.99. The summed E-state index contributed by atoms with van der Waals surface area (Å²) >= 11 is 9.76. The van der Waals surface area contributed by atoms with Crippen LogP contribution in [0.5, 0.6) is 0 Å². The molecule has 2 N–H and O–H groups in total. The lowest BCUT2D eigenvalue weighted by molar-refractivity contribution is 0.720. The number of nitrogens with two attached hydrogens (primary N) is 1. The minimum atomic E-state index is -0.0367. The lowest BCUT2D eigenvalue weighted by atomic mass is 9.96. The normalized spacial score (nSPS) is 12.5. The SMILES string of the molecule is Cc1cc(C(N)Cc2ccccc2Cl)cc(C)c1Br. The molecule has 100 valence electrons. The van der Waals surface area contributed by atoms with Gasteiger partial charge >= 0.3 is 0 Å². The number of aryl methyl sites for hydroxylation is 2. The summed E-state index contributed by atoms with van der Waals surface area (Å²) in [6.07, 6.45) is 0.750. The van der Waals surface area contributed by atoms with Crippen LogP contribution in [0.25, 0.3) is 0 Å². The van der Waals surface area contributed by atoms with Crippen LogP contribution in [0.15, 0.2) is 40.9 Å². The Hall–Kier alpha value is -0.830. The topological polar surface area (TPSA) is 26.0 Å². The summed E-state index contributed by atoms with van der Waals surface area (Å²) in [5.41, 5.74) is 11.0. The fraction of sp³-hybridized carbons (Fsp3) is 0.250. The molecule has 0 spiro atoms. The third-order valence-electron chi connectivity index (χ3n) is 3.28. The van der Waals surface area contributed by atoms with Gasteiger partial charge in [-0.15, -0.1) is 0 Å². The molecule has 0 aliphatic rings. The molecule has 1 unspecified atom stereocenters. The van der Waals surface area contributed by atoms with Gasteiger partial charge in [0.1, 0.15) is 0 Å². The first kappa shape index (κ1) is 14.6. The molecule has 0 heterocycles. The Morgan fingerprint density at radius 2 is 1.74 bits per heavy atom. The molecule has 1 atom stereocenters. The fourth-order valence-electron chi connectivity index (χ4n) is 2.21. The van der Waals surface area contributed by atoms with Gasteiger partial charge in [-0.05, 0) is 48.6 Å². The lowest BCUT2D eigenvalue weighted by Gasteiger charge is -2.16. The van der Waals surface area contributed by atoms with E-state index in [1.165, 1.54) is 11.1 Å². The van der Waals surface area contributed by atoms with E-state index in [9.17, 15) is 0 Å².